The molecule has 0 fully saturated rings. The number of halogens is 2. The van der Waals surface area contributed by atoms with Crippen molar-refractivity contribution in [3.05, 3.63) is 57.6 Å². The number of nitrogens with one attached hydrogen (secondary N) is 1. The monoisotopic (exact) mass is 477 g/mol. The highest BCUT2D eigenvalue weighted by Gasteiger charge is 2.60. The molecule has 2 aliphatic rings. The third kappa shape index (κ3) is 3.47. The fourth-order valence-electron chi connectivity index (χ4n) is 4.14. The van der Waals surface area contributed by atoms with E-state index in [1.807, 2.05) is 0 Å². The van der Waals surface area contributed by atoms with Gasteiger partial charge in [-0.05, 0) is 24.6 Å². The predicted octanol–water partition coefficient (Wildman–Crippen LogP) is 4.11. The number of allylic oxidation sites excluding steroid dienone is 1. The lowest BCUT2D eigenvalue weighted by Crippen LogP contribution is -2.55. The van der Waals surface area contributed by atoms with Crippen molar-refractivity contribution in [3.8, 4) is 17.2 Å². The van der Waals surface area contributed by atoms with E-state index in [1.54, 1.807) is 6.92 Å². The Labute approximate surface area is 192 Å². The van der Waals surface area contributed by atoms with Crippen LogP contribution in [0.4, 0.5) is 15.8 Å². The molecule has 1 spiro atoms. The standard InChI is InChI=1S/C22H19ClFN2O7/c1-10-6-12(25-11-4-5-13(24)14(7-11)26(29)30)8-17(27)22(10)21(28)18-15(31-2)9-16(32-3)19(23)20(18)33-22/h4-5,7-10,25,29H,6H2,1-3H3/q-1/t10-,22+/m1/s1. The smallest absolute Gasteiger partial charge is 0.236 e. The molecule has 2 aromatic rings. The fraction of sp³-hybridized carbons (Fsp3) is 0.273. The Balaban J connectivity index is 1.69. The van der Waals surface area contributed by atoms with Crippen LogP contribution in [-0.2, 0) is 4.79 Å². The van der Waals surface area contributed by atoms with E-state index >= 15 is 0 Å². The zero-order chi connectivity index (χ0) is 24.1. The Morgan fingerprint density at radius 2 is 1.97 bits per heavy atom. The number of anilines is 2. The maximum atomic E-state index is 13.7. The molecule has 9 nitrogen and oxygen atoms in total. The van der Waals surface area contributed by atoms with E-state index in [0.717, 1.165) is 12.1 Å². The molecule has 174 valence electrons. The number of ether oxygens (including phenoxy) is 3. The topological polar surface area (TPSA) is 120 Å². The van der Waals surface area contributed by atoms with Gasteiger partial charge in [0.05, 0.1) is 19.9 Å². The van der Waals surface area contributed by atoms with Gasteiger partial charge in [0.2, 0.25) is 17.2 Å². The molecule has 0 amide bonds. The summed E-state index contributed by atoms with van der Waals surface area (Å²) in [6.45, 7) is 1.68. The number of carbonyl (C=O) groups is 2. The highest BCUT2D eigenvalue weighted by atomic mass is 35.5. The molecular weight excluding hydrogens is 459 g/mol. The van der Waals surface area contributed by atoms with Crippen molar-refractivity contribution >= 4 is 34.5 Å². The van der Waals surface area contributed by atoms with Gasteiger partial charge in [-0.3, -0.25) is 14.8 Å². The van der Waals surface area contributed by atoms with Crippen LogP contribution in [0.3, 0.4) is 0 Å². The maximum Gasteiger partial charge on any atom is 0.236 e. The first-order valence-corrected chi connectivity index (χ1v) is 10.2. The maximum absolute atomic E-state index is 13.7. The Morgan fingerprint density at radius 3 is 2.58 bits per heavy atom. The van der Waals surface area contributed by atoms with Crippen LogP contribution in [0.2, 0.25) is 5.02 Å². The van der Waals surface area contributed by atoms with Gasteiger partial charge in [-0.15, -0.1) is 0 Å². The zero-order valence-electron chi connectivity index (χ0n) is 17.8. The van der Waals surface area contributed by atoms with Crippen LogP contribution in [0, 0.1) is 16.9 Å². The molecule has 0 saturated carbocycles. The summed E-state index contributed by atoms with van der Waals surface area (Å²) >= 11 is 6.36. The summed E-state index contributed by atoms with van der Waals surface area (Å²) < 4.78 is 30.1. The lowest BCUT2D eigenvalue weighted by atomic mass is 9.74. The van der Waals surface area contributed by atoms with Crippen molar-refractivity contribution in [1.82, 2.24) is 0 Å². The minimum atomic E-state index is -1.83. The number of hydrogen-bond acceptors (Lipinski definition) is 9. The van der Waals surface area contributed by atoms with Crippen LogP contribution in [0.15, 0.2) is 36.0 Å². The van der Waals surface area contributed by atoms with Gasteiger partial charge in [-0.2, -0.15) is 0 Å². The quantitative estimate of drug-likeness (QED) is 0.484. The molecule has 4 rings (SSSR count). The van der Waals surface area contributed by atoms with Gasteiger partial charge in [0.15, 0.2) is 5.75 Å². The Hall–Kier alpha value is -3.34. The molecule has 2 atom stereocenters. The number of rotatable bonds is 5. The summed E-state index contributed by atoms with van der Waals surface area (Å²) in [5, 5.41) is 22.5. The molecule has 0 unspecified atom stereocenters. The van der Waals surface area contributed by atoms with E-state index in [2.05, 4.69) is 5.32 Å². The lowest BCUT2D eigenvalue weighted by molar-refractivity contribution is -0.129. The van der Waals surface area contributed by atoms with Gasteiger partial charge in [0.1, 0.15) is 27.9 Å². The zero-order valence-corrected chi connectivity index (χ0v) is 18.5. The summed E-state index contributed by atoms with van der Waals surface area (Å²) in [6, 6.07) is 4.88. The molecule has 0 radical (unpaired) electrons. The Morgan fingerprint density at radius 1 is 1.27 bits per heavy atom. The highest BCUT2D eigenvalue weighted by Crippen LogP contribution is 2.53. The van der Waals surface area contributed by atoms with Gasteiger partial charge in [0, 0.05) is 29.4 Å². The van der Waals surface area contributed by atoms with E-state index in [1.165, 1.54) is 32.4 Å². The third-order valence-electron chi connectivity index (χ3n) is 5.77. The van der Waals surface area contributed by atoms with Crippen molar-refractivity contribution in [3.63, 3.8) is 0 Å². The molecule has 1 heterocycles. The van der Waals surface area contributed by atoms with E-state index in [0.29, 0.717) is 5.70 Å². The number of carbonyl (C=O) groups excluding carboxylic acids is 2. The number of methoxy groups -OCH3 is 2. The van der Waals surface area contributed by atoms with E-state index in [-0.39, 0.29) is 39.9 Å². The molecule has 2 N–H and O–H groups in total. The summed E-state index contributed by atoms with van der Waals surface area (Å²) in [5.74, 6) is -2.30. The van der Waals surface area contributed by atoms with Gasteiger partial charge in [0.25, 0.3) is 0 Å². The van der Waals surface area contributed by atoms with Gasteiger partial charge in [-0.25, -0.2) is 4.39 Å². The normalized spacial score (nSPS) is 21.4. The van der Waals surface area contributed by atoms with Crippen LogP contribution in [0.5, 0.6) is 17.2 Å². The van der Waals surface area contributed by atoms with Crippen LogP contribution in [-0.4, -0.2) is 36.6 Å². The molecule has 1 aliphatic carbocycles. The number of Topliss-reactive ketones (excluding diaryl/α,β-unsaturated/α-hetero) is 1. The second-order valence-electron chi connectivity index (χ2n) is 7.67. The van der Waals surface area contributed by atoms with Gasteiger partial charge in [-0.1, -0.05) is 18.5 Å². The van der Waals surface area contributed by atoms with Crippen LogP contribution in [0.1, 0.15) is 23.7 Å². The Kier molecular flexibility index (Phi) is 5.69. The van der Waals surface area contributed by atoms with Crippen LogP contribution < -0.4 is 24.8 Å². The van der Waals surface area contributed by atoms with Crippen molar-refractivity contribution in [2.75, 3.05) is 24.8 Å². The SMILES string of the molecule is COc1cc(OC)c2c(c1Cl)O[C@@]1(C(=O)C=C(Nc3ccc(F)c(N([O-])O)c3)C[C@H]1C)C2=O. The van der Waals surface area contributed by atoms with Gasteiger partial charge < -0.3 is 30.0 Å². The van der Waals surface area contributed by atoms with Crippen molar-refractivity contribution in [1.29, 1.82) is 0 Å². The van der Waals surface area contributed by atoms with Crippen molar-refractivity contribution in [2.24, 2.45) is 5.92 Å². The Bertz CT molecular complexity index is 1200. The summed E-state index contributed by atoms with van der Waals surface area (Å²) in [7, 11) is 2.78. The molecular formula is C22H19ClFN2O7-. The summed E-state index contributed by atoms with van der Waals surface area (Å²) in [6.07, 6.45) is 1.42. The van der Waals surface area contributed by atoms with Crippen molar-refractivity contribution in [2.45, 2.75) is 18.9 Å². The lowest BCUT2D eigenvalue weighted by Gasteiger charge is -2.35. The molecule has 11 heteroatoms. The summed E-state index contributed by atoms with van der Waals surface area (Å²) in [4.78, 5) is 26.7. The first-order valence-electron chi connectivity index (χ1n) is 9.80. The molecule has 0 saturated heterocycles. The molecule has 2 aromatic carbocycles. The minimum Gasteiger partial charge on any atom is -0.733 e. The molecule has 33 heavy (non-hydrogen) atoms. The van der Waals surface area contributed by atoms with Gasteiger partial charge >= 0.3 is 0 Å². The molecule has 0 bridgehead atoms. The predicted molar refractivity (Wildman–Crippen MR) is 117 cm³/mol. The largest absolute Gasteiger partial charge is 0.733 e. The fourth-order valence-corrected chi connectivity index (χ4v) is 4.40. The van der Waals surface area contributed by atoms with E-state index in [4.69, 9.17) is 31.0 Å². The average molecular weight is 478 g/mol. The first kappa shape index (κ1) is 22.8. The molecule has 0 aromatic heterocycles. The number of hydrogen-bond donors (Lipinski definition) is 2. The molecule has 1 aliphatic heterocycles. The number of fused-ring (bicyclic) bond motifs is 1. The summed E-state index contributed by atoms with van der Waals surface area (Å²) in [5.41, 5.74) is -1.68. The average Bonchev–Trinajstić information content (AvgIpc) is 3.09. The number of benzene rings is 2. The van der Waals surface area contributed by atoms with Crippen LogP contribution >= 0.6 is 11.6 Å². The third-order valence-corrected chi connectivity index (χ3v) is 6.13. The minimum absolute atomic E-state index is 0.0181. The van der Waals surface area contributed by atoms with Crippen LogP contribution in [0.25, 0.3) is 0 Å². The second kappa shape index (κ2) is 8.22. The second-order valence-corrected chi connectivity index (χ2v) is 8.05. The number of ketones is 2. The highest BCUT2D eigenvalue weighted by molar-refractivity contribution is 6.36. The van der Waals surface area contributed by atoms with E-state index < -0.39 is 39.8 Å². The van der Waals surface area contributed by atoms with E-state index in [9.17, 15) is 19.2 Å². The number of nitrogens with zero attached hydrogens (tertiary/aromatic N) is 1. The first-order chi connectivity index (χ1) is 15.6. The van der Waals surface area contributed by atoms with Crippen molar-refractivity contribution < 1.29 is 33.4 Å².